The molecule has 0 aliphatic heterocycles. The molecule has 1 saturated carbocycles. The molecule has 1 N–H and O–H groups in total. The van der Waals surface area contributed by atoms with Crippen LogP contribution in [0.15, 0.2) is 18.5 Å². The van der Waals surface area contributed by atoms with Gasteiger partial charge in [-0.05, 0) is 24.5 Å². The first kappa shape index (κ1) is 7.68. The van der Waals surface area contributed by atoms with Crippen LogP contribution in [0.25, 0.3) is 0 Å². The SMILES string of the molecule is OC1(Cc2cncc(F)c2)CC1. The zero-order valence-corrected chi connectivity index (χ0v) is 6.63. The summed E-state index contributed by atoms with van der Waals surface area (Å²) in [6, 6.07) is 1.42. The van der Waals surface area contributed by atoms with Gasteiger partial charge in [-0.1, -0.05) is 0 Å². The monoisotopic (exact) mass is 167 g/mol. The summed E-state index contributed by atoms with van der Waals surface area (Å²) >= 11 is 0. The van der Waals surface area contributed by atoms with E-state index in [4.69, 9.17) is 0 Å². The van der Waals surface area contributed by atoms with Gasteiger partial charge in [-0.3, -0.25) is 4.98 Å². The molecular weight excluding hydrogens is 157 g/mol. The Balaban J connectivity index is 2.12. The van der Waals surface area contributed by atoms with Crippen LogP contribution >= 0.6 is 0 Å². The Morgan fingerprint density at radius 3 is 2.83 bits per heavy atom. The predicted octanol–water partition coefficient (Wildman–Crippen LogP) is 1.29. The summed E-state index contributed by atoms with van der Waals surface area (Å²) in [5, 5.41) is 9.52. The predicted molar refractivity (Wildman–Crippen MR) is 42.1 cm³/mol. The topological polar surface area (TPSA) is 33.1 Å². The summed E-state index contributed by atoms with van der Waals surface area (Å²) < 4.78 is 12.6. The highest BCUT2D eigenvalue weighted by Crippen LogP contribution is 2.37. The van der Waals surface area contributed by atoms with E-state index >= 15 is 0 Å². The highest BCUT2D eigenvalue weighted by Gasteiger charge is 2.40. The van der Waals surface area contributed by atoms with E-state index < -0.39 is 5.60 Å². The maximum Gasteiger partial charge on any atom is 0.141 e. The highest BCUT2D eigenvalue weighted by atomic mass is 19.1. The zero-order valence-electron chi connectivity index (χ0n) is 6.63. The minimum Gasteiger partial charge on any atom is -0.390 e. The van der Waals surface area contributed by atoms with Crippen molar-refractivity contribution >= 4 is 0 Å². The number of halogens is 1. The third-order valence-corrected chi connectivity index (χ3v) is 2.12. The van der Waals surface area contributed by atoms with Gasteiger partial charge in [-0.25, -0.2) is 4.39 Å². The Bertz CT molecular complexity index is 296. The van der Waals surface area contributed by atoms with Gasteiger partial charge in [0.15, 0.2) is 0 Å². The van der Waals surface area contributed by atoms with E-state index in [1.807, 2.05) is 0 Å². The summed E-state index contributed by atoms with van der Waals surface area (Å²) in [6.45, 7) is 0. The van der Waals surface area contributed by atoms with Gasteiger partial charge >= 0.3 is 0 Å². The lowest BCUT2D eigenvalue weighted by molar-refractivity contribution is 0.151. The minimum atomic E-state index is -0.560. The molecular formula is C9H10FNO. The fourth-order valence-corrected chi connectivity index (χ4v) is 1.25. The molecule has 1 aliphatic carbocycles. The van der Waals surface area contributed by atoms with Crippen LogP contribution < -0.4 is 0 Å². The van der Waals surface area contributed by atoms with E-state index in [9.17, 15) is 9.50 Å². The Kier molecular flexibility index (Phi) is 1.61. The number of hydrogen-bond donors (Lipinski definition) is 1. The Morgan fingerprint density at radius 2 is 2.25 bits per heavy atom. The quantitative estimate of drug-likeness (QED) is 0.720. The Labute approximate surface area is 70.1 Å². The third-order valence-electron chi connectivity index (χ3n) is 2.12. The van der Waals surface area contributed by atoms with Crippen LogP contribution in [0.2, 0.25) is 0 Å². The molecule has 1 aromatic rings. The van der Waals surface area contributed by atoms with Crippen LogP contribution in [0.1, 0.15) is 18.4 Å². The van der Waals surface area contributed by atoms with Crippen molar-refractivity contribution in [2.75, 3.05) is 0 Å². The number of aromatic nitrogens is 1. The summed E-state index contributed by atoms with van der Waals surface area (Å²) in [7, 11) is 0. The number of pyridine rings is 1. The number of rotatable bonds is 2. The van der Waals surface area contributed by atoms with Crippen molar-refractivity contribution in [3.8, 4) is 0 Å². The molecule has 2 nitrogen and oxygen atoms in total. The van der Waals surface area contributed by atoms with Crippen molar-refractivity contribution in [2.24, 2.45) is 0 Å². The van der Waals surface area contributed by atoms with Gasteiger partial charge in [0.05, 0.1) is 11.8 Å². The van der Waals surface area contributed by atoms with Crippen molar-refractivity contribution in [1.29, 1.82) is 0 Å². The zero-order chi connectivity index (χ0) is 8.60. The molecule has 3 heteroatoms. The maximum absolute atomic E-state index is 12.6. The van der Waals surface area contributed by atoms with E-state index in [1.165, 1.54) is 12.3 Å². The molecule has 0 unspecified atom stereocenters. The average molecular weight is 167 g/mol. The van der Waals surface area contributed by atoms with Crippen molar-refractivity contribution < 1.29 is 9.50 Å². The molecule has 1 fully saturated rings. The van der Waals surface area contributed by atoms with Crippen LogP contribution in [0, 0.1) is 5.82 Å². The van der Waals surface area contributed by atoms with E-state index in [2.05, 4.69) is 4.98 Å². The van der Waals surface area contributed by atoms with Crippen molar-refractivity contribution in [3.63, 3.8) is 0 Å². The Morgan fingerprint density at radius 1 is 1.50 bits per heavy atom. The number of aliphatic hydroxyl groups is 1. The van der Waals surface area contributed by atoms with Crippen molar-refractivity contribution in [1.82, 2.24) is 4.98 Å². The van der Waals surface area contributed by atoms with Gasteiger partial charge in [-0.2, -0.15) is 0 Å². The third kappa shape index (κ3) is 1.61. The lowest BCUT2D eigenvalue weighted by Crippen LogP contribution is -2.10. The van der Waals surface area contributed by atoms with Gasteiger partial charge in [0.2, 0.25) is 0 Å². The van der Waals surface area contributed by atoms with Crippen LogP contribution in [0.3, 0.4) is 0 Å². The average Bonchev–Trinajstić information content (AvgIpc) is 2.67. The fraction of sp³-hybridized carbons (Fsp3) is 0.444. The number of nitrogens with zero attached hydrogens (tertiary/aromatic N) is 1. The summed E-state index contributed by atoms with van der Waals surface area (Å²) in [6.07, 6.45) is 4.94. The van der Waals surface area contributed by atoms with Crippen LogP contribution in [-0.4, -0.2) is 15.7 Å². The van der Waals surface area contributed by atoms with E-state index in [0.717, 1.165) is 18.4 Å². The van der Waals surface area contributed by atoms with Crippen LogP contribution in [0.5, 0.6) is 0 Å². The molecule has 64 valence electrons. The standard InChI is InChI=1S/C9H10FNO/c10-8-3-7(5-11-6-8)4-9(12)1-2-9/h3,5-6,12H,1-2,4H2. The summed E-state index contributed by atoms with van der Waals surface area (Å²) in [5.74, 6) is -0.336. The second-order valence-electron chi connectivity index (χ2n) is 3.41. The van der Waals surface area contributed by atoms with Gasteiger partial charge in [-0.15, -0.1) is 0 Å². The maximum atomic E-state index is 12.6. The molecule has 0 aromatic carbocycles. The van der Waals surface area contributed by atoms with E-state index in [-0.39, 0.29) is 5.82 Å². The van der Waals surface area contributed by atoms with Crippen LogP contribution in [-0.2, 0) is 6.42 Å². The second kappa shape index (κ2) is 2.52. The molecule has 0 spiro atoms. The van der Waals surface area contributed by atoms with Gasteiger partial charge in [0, 0.05) is 12.6 Å². The van der Waals surface area contributed by atoms with Crippen molar-refractivity contribution in [2.45, 2.75) is 24.9 Å². The van der Waals surface area contributed by atoms with Gasteiger partial charge < -0.3 is 5.11 Å². The second-order valence-corrected chi connectivity index (χ2v) is 3.41. The van der Waals surface area contributed by atoms with E-state index in [0.29, 0.717) is 6.42 Å². The molecule has 2 rings (SSSR count). The molecule has 0 saturated heterocycles. The Hall–Kier alpha value is -0.960. The van der Waals surface area contributed by atoms with Crippen molar-refractivity contribution in [3.05, 3.63) is 29.8 Å². The van der Waals surface area contributed by atoms with Gasteiger partial charge in [0.25, 0.3) is 0 Å². The fourth-order valence-electron chi connectivity index (χ4n) is 1.25. The lowest BCUT2D eigenvalue weighted by Gasteiger charge is -2.05. The lowest BCUT2D eigenvalue weighted by atomic mass is 10.1. The first-order chi connectivity index (χ1) is 5.68. The van der Waals surface area contributed by atoms with Crippen LogP contribution in [0.4, 0.5) is 4.39 Å². The van der Waals surface area contributed by atoms with Gasteiger partial charge in [0.1, 0.15) is 5.82 Å². The van der Waals surface area contributed by atoms with E-state index in [1.54, 1.807) is 6.20 Å². The molecule has 0 amide bonds. The first-order valence-corrected chi connectivity index (χ1v) is 4.00. The highest BCUT2D eigenvalue weighted by molar-refractivity contribution is 5.15. The molecule has 0 radical (unpaired) electrons. The molecule has 12 heavy (non-hydrogen) atoms. The first-order valence-electron chi connectivity index (χ1n) is 4.00. The molecule has 0 bridgehead atoms. The molecule has 1 heterocycles. The number of hydrogen-bond acceptors (Lipinski definition) is 2. The summed E-state index contributed by atoms with van der Waals surface area (Å²) in [5.41, 5.74) is 0.213. The normalized spacial score (nSPS) is 19.2. The minimum absolute atomic E-state index is 0.336. The summed E-state index contributed by atoms with van der Waals surface area (Å²) in [4.78, 5) is 3.71. The molecule has 1 aliphatic rings. The molecule has 1 aromatic heterocycles. The smallest absolute Gasteiger partial charge is 0.141 e. The molecule has 0 atom stereocenters. The largest absolute Gasteiger partial charge is 0.390 e.